The van der Waals surface area contributed by atoms with Crippen LogP contribution in [0.4, 0.5) is 17.5 Å². The molecule has 0 amide bonds. The molecular formula is C37H50N6O4. The van der Waals surface area contributed by atoms with Crippen molar-refractivity contribution in [3.05, 3.63) is 58.5 Å². The van der Waals surface area contributed by atoms with Gasteiger partial charge >= 0.3 is 5.97 Å². The quantitative estimate of drug-likeness (QED) is 0.324. The predicted molar refractivity (Wildman–Crippen MR) is 185 cm³/mol. The third kappa shape index (κ3) is 7.23. The molecule has 2 aromatic heterocycles. The summed E-state index contributed by atoms with van der Waals surface area (Å²) in [7, 11) is 0. The predicted octanol–water partition coefficient (Wildman–Crippen LogP) is 6.12. The summed E-state index contributed by atoms with van der Waals surface area (Å²) in [6.07, 6.45) is 3.66. The van der Waals surface area contributed by atoms with Crippen molar-refractivity contribution < 1.29 is 19.4 Å². The van der Waals surface area contributed by atoms with E-state index < -0.39 is 17.7 Å². The number of aromatic nitrogens is 3. The van der Waals surface area contributed by atoms with Crippen LogP contribution in [0.2, 0.25) is 0 Å². The van der Waals surface area contributed by atoms with Crippen molar-refractivity contribution >= 4 is 23.4 Å². The highest BCUT2D eigenvalue weighted by molar-refractivity contribution is 5.88. The van der Waals surface area contributed by atoms with E-state index in [-0.39, 0.29) is 5.41 Å². The maximum atomic E-state index is 12.9. The van der Waals surface area contributed by atoms with Crippen molar-refractivity contribution in [2.75, 3.05) is 60.6 Å². The Morgan fingerprint density at radius 1 is 0.936 bits per heavy atom. The summed E-state index contributed by atoms with van der Waals surface area (Å²) in [5.74, 6) is 0.701. The number of anilines is 3. The number of carboxylic acid groups (broad SMARTS) is 1. The van der Waals surface area contributed by atoms with Crippen LogP contribution in [0.1, 0.15) is 81.6 Å². The minimum absolute atomic E-state index is 0.242. The largest absolute Gasteiger partial charge is 0.479 e. The molecule has 0 spiro atoms. The van der Waals surface area contributed by atoms with Gasteiger partial charge in [-0.2, -0.15) is 4.98 Å². The number of rotatable bonds is 7. The maximum Gasteiger partial charge on any atom is 0.337 e. The third-order valence-electron chi connectivity index (χ3n) is 9.72. The Balaban J connectivity index is 1.37. The molecule has 0 bridgehead atoms. The lowest BCUT2D eigenvalue weighted by molar-refractivity contribution is -0.160. The van der Waals surface area contributed by atoms with Gasteiger partial charge in [-0.1, -0.05) is 32.0 Å². The van der Waals surface area contributed by atoms with E-state index in [2.05, 4.69) is 51.7 Å². The number of aliphatic carboxylic acids is 1. The molecule has 47 heavy (non-hydrogen) atoms. The summed E-state index contributed by atoms with van der Waals surface area (Å²) in [4.78, 5) is 34.2. The highest BCUT2D eigenvalue weighted by atomic mass is 16.5. The zero-order valence-electron chi connectivity index (χ0n) is 29.1. The Morgan fingerprint density at radius 3 is 2.34 bits per heavy atom. The lowest BCUT2D eigenvalue weighted by atomic mass is 9.81. The number of ether oxygens (including phenoxy) is 2. The summed E-state index contributed by atoms with van der Waals surface area (Å²) in [6.45, 7) is 20.6. The lowest BCUT2D eigenvalue weighted by Gasteiger charge is -2.41. The molecule has 1 N–H and O–H groups in total. The molecule has 2 saturated heterocycles. The number of benzene rings is 1. The molecule has 0 radical (unpaired) electrons. The van der Waals surface area contributed by atoms with Gasteiger partial charge < -0.3 is 29.3 Å². The molecule has 1 atom stereocenters. The minimum atomic E-state index is -1.13. The number of piperidine rings is 1. The summed E-state index contributed by atoms with van der Waals surface area (Å²) < 4.78 is 11.8. The zero-order chi connectivity index (χ0) is 33.5. The van der Waals surface area contributed by atoms with E-state index in [4.69, 9.17) is 19.4 Å². The molecule has 0 saturated carbocycles. The number of carbonyl (C=O) groups is 1. The number of carboxylic acids is 1. The molecule has 6 rings (SSSR count). The van der Waals surface area contributed by atoms with Gasteiger partial charge in [-0.25, -0.2) is 9.78 Å². The molecule has 5 heterocycles. The fraction of sp³-hybridized carbons (Fsp3) is 0.568. The number of aryl methyl sites for hydroxylation is 2. The number of nitrogens with zero attached hydrogens (tertiary/aromatic N) is 6. The number of morpholine rings is 1. The molecule has 3 aromatic rings. The van der Waals surface area contributed by atoms with Gasteiger partial charge in [0.25, 0.3) is 0 Å². The van der Waals surface area contributed by atoms with Gasteiger partial charge in [-0.15, -0.1) is 0 Å². The topological polar surface area (TPSA) is 104 Å². The van der Waals surface area contributed by atoms with E-state index in [0.29, 0.717) is 24.5 Å². The summed E-state index contributed by atoms with van der Waals surface area (Å²) in [5.41, 5.74) is 7.47. The Hall–Kier alpha value is -3.76. The highest BCUT2D eigenvalue weighted by Crippen LogP contribution is 2.45. The van der Waals surface area contributed by atoms with Gasteiger partial charge in [0.2, 0.25) is 5.95 Å². The van der Waals surface area contributed by atoms with Crippen LogP contribution in [0, 0.1) is 19.3 Å². The molecule has 1 aromatic carbocycles. The van der Waals surface area contributed by atoms with Crippen molar-refractivity contribution in [1.82, 2.24) is 15.0 Å². The second kappa shape index (κ2) is 13.0. The normalized spacial score (nSPS) is 19.0. The van der Waals surface area contributed by atoms with E-state index >= 15 is 0 Å². The third-order valence-corrected chi connectivity index (χ3v) is 9.72. The number of hydrogen-bond donors (Lipinski definition) is 1. The Bertz CT molecular complexity index is 1620. The van der Waals surface area contributed by atoms with Crippen LogP contribution < -0.4 is 14.7 Å². The first-order valence-electron chi connectivity index (χ1n) is 17.0. The first-order valence-corrected chi connectivity index (χ1v) is 17.0. The van der Waals surface area contributed by atoms with Crippen molar-refractivity contribution in [2.45, 2.75) is 86.0 Å². The summed E-state index contributed by atoms with van der Waals surface area (Å²) in [5, 5.41) is 10.5. The van der Waals surface area contributed by atoms with E-state index in [1.165, 1.54) is 11.1 Å². The van der Waals surface area contributed by atoms with E-state index in [1.54, 1.807) is 0 Å². The number of hydrogen-bond acceptors (Lipinski definition) is 9. The minimum Gasteiger partial charge on any atom is -0.479 e. The van der Waals surface area contributed by atoms with Crippen molar-refractivity contribution in [3.8, 4) is 11.1 Å². The van der Waals surface area contributed by atoms with Crippen LogP contribution in [0.15, 0.2) is 30.5 Å². The van der Waals surface area contributed by atoms with Crippen LogP contribution in [-0.2, 0) is 27.2 Å². The van der Waals surface area contributed by atoms with Crippen molar-refractivity contribution in [2.24, 2.45) is 5.41 Å². The molecular weight excluding hydrogens is 592 g/mol. The molecule has 10 nitrogen and oxygen atoms in total. The van der Waals surface area contributed by atoms with E-state index in [1.807, 2.05) is 46.9 Å². The average Bonchev–Trinajstić information content (AvgIpc) is 3.03. The summed E-state index contributed by atoms with van der Waals surface area (Å²) >= 11 is 0. The summed E-state index contributed by atoms with van der Waals surface area (Å²) in [6, 6.07) is 8.70. The van der Waals surface area contributed by atoms with Gasteiger partial charge in [-0.3, -0.25) is 4.98 Å². The van der Waals surface area contributed by atoms with Crippen molar-refractivity contribution in [3.63, 3.8) is 0 Å². The lowest BCUT2D eigenvalue weighted by Crippen LogP contribution is -2.39. The monoisotopic (exact) mass is 642 g/mol. The molecule has 3 aliphatic heterocycles. The smallest absolute Gasteiger partial charge is 0.337 e. The van der Waals surface area contributed by atoms with Gasteiger partial charge in [0.1, 0.15) is 5.82 Å². The molecule has 0 aliphatic carbocycles. The zero-order valence-corrected chi connectivity index (χ0v) is 29.1. The van der Waals surface area contributed by atoms with Gasteiger partial charge in [0, 0.05) is 68.0 Å². The van der Waals surface area contributed by atoms with Crippen LogP contribution in [0.25, 0.3) is 11.1 Å². The fourth-order valence-corrected chi connectivity index (χ4v) is 7.09. The molecule has 2 fully saturated rings. The van der Waals surface area contributed by atoms with Gasteiger partial charge in [0.05, 0.1) is 24.5 Å². The Kier molecular flexibility index (Phi) is 9.19. The van der Waals surface area contributed by atoms with Gasteiger partial charge in [-0.05, 0) is 82.1 Å². The van der Waals surface area contributed by atoms with Crippen molar-refractivity contribution in [1.29, 1.82) is 0 Å². The number of pyridine rings is 1. The van der Waals surface area contributed by atoms with Gasteiger partial charge in [0.15, 0.2) is 6.10 Å². The van der Waals surface area contributed by atoms with E-state index in [9.17, 15) is 9.90 Å². The van der Waals surface area contributed by atoms with Crippen LogP contribution in [0.5, 0.6) is 0 Å². The van der Waals surface area contributed by atoms with Crippen LogP contribution in [0.3, 0.4) is 0 Å². The standard InChI is InChI=1S/C37H50N6O4/c1-24-30(32(41-16-12-37(6,7)13-17-41)31(25(2)39-24)33(34(44)45)47-36(3,4)5)27-8-9-28-23-43(15-11-26(28)22-27)29-10-14-38-35(40-29)42-18-20-46-21-19-42/h8-10,14,22,33H,11-13,15-21,23H2,1-7H3,(H,44,45). The first-order chi connectivity index (χ1) is 22.3. The Labute approximate surface area is 279 Å². The highest BCUT2D eigenvalue weighted by Gasteiger charge is 2.36. The first kappa shape index (κ1) is 33.2. The molecule has 10 heteroatoms. The van der Waals surface area contributed by atoms with E-state index in [0.717, 1.165) is 92.8 Å². The van der Waals surface area contributed by atoms with Crippen LogP contribution in [-0.4, -0.2) is 77.6 Å². The van der Waals surface area contributed by atoms with Crippen LogP contribution >= 0.6 is 0 Å². The molecule has 3 aliphatic rings. The number of fused-ring (bicyclic) bond motifs is 1. The molecule has 252 valence electrons. The molecule has 1 unspecified atom stereocenters. The SMILES string of the molecule is Cc1nc(C)c(C(OC(C)(C)C)C(=O)O)c(N2CCC(C)(C)CC2)c1-c1ccc2c(c1)CCN(c1ccnc(N3CCOCC3)n1)C2. The Morgan fingerprint density at radius 2 is 1.66 bits per heavy atom. The second-order valence-electron chi connectivity index (χ2n) is 15.0. The average molecular weight is 643 g/mol. The fourth-order valence-electron chi connectivity index (χ4n) is 7.09. The maximum absolute atomic E-state index is 12.9. The second-order valence-corrected chi connectivity index (χ2v) is 15.0.